The van der Waals surface area contributed by atoms with Crippen LogP contribution in [0.3, 0.4) is 0 Å². The minimum absolute atomic E-state index is 0.126. The van der Waals surface area contributed by atoms with Gasteiger partial charge in [-0.15, -0.1) is 11.3 Å². The van der Waals surface area contributed by atoms with Gasteiger partial charge in [-0.1, -0.05) is 12.1 Å². The maximum absolute atomic E-state index is 14.6. The van der Waals surface area contributed by atoms with Gasteiger partial charge >= 0.3 is 0 Å². The highest BCUT2D eigenvalue weighted by Crippen LogP contribution is 2.32. The maximum atomic E-state index is 14.6. The van der Waals surface area contributed by atoms with E-state index >= 15 is 0 Å². The Bertz CT molecular complexity index is 953. The second-order valence-corrected chi connectivity index (χ2v) is 7.88. The quantitative estimate of drug-likeness (QED) is 0.296. The van der Waals surface area contributed by atoms with Crippen molar-refractivity contribution < 1.29 is 13.9 Å². The highest BCUT2D eigenvalue weighted by atomic mass is 32.1. The number of aliphatic hydroxyl groups is 1. The van der Waals surface area contributed by atoms with Crippen LogP contribution in [0.2, 0.25) is 0 Å². The van der Waals surface area contributed by atoms with Gasteiger partial charge in [0.15, 0.2) is 5.11 Å². The molecule has 0 aliphatic carbocycles. The summed E-state index contributed by atoms with van der Waals surface area (Å²) >= 11 is 6.90. The number of aromatic nitrogens is 3. The van der Waals surface area contributed by atoms with E-state index in [1.54, 1.807) is 18.3 Å². The lowest BCUT2D eigenvalue weighted by Crippen LogP contribution is -2.58. The van der Waals surface area contributed by atoms with Gasteiger partial charge in [0.25, 0.3) is 0 Å². The zero-order valence-electron chi connectivity index (χ0n) is 15.5. The third-order valence-corrected chi connectivity index (χ3v) is 5.84. The summed E-state index contributed by atoms with van der Waals surface area (Å²) in [4.78, 5) is 4.89. The molecule has 0 amide bonds. The number of thiocarbonyl (C=S) groups is 1. The van der Waals surface area contributed by atoms with Crippen molar-refractivity contribution in [2.75, 3.05) is 0 Å². The molecule has 2 heterocycles. The Morgan fingerprint density at radius 2 is 2.24 bits per heavy atom. The van der Waals surface area contributed by atoms with Gasteiger partial charge in [0.2, 0.25) is 0 Å². The molecule has 0 aliphatic heterocycles. The van der Waals surface area contributed by atoms with Crippen molar-refractivity contribution in [2.24, 2.45) is 5.84 Å². The Morgan fingerprint density at radius 1 is 1.45 bits per heavy atom. The third-order valence-electron chi connectivity index (χ3n) is 4.60. The molecule has 154 valence electrons. The van der Waals surface area contributed by atoms with Crippen molar-refractivity contribution in [1.29, 1.82) is 0 Å². The molecule has 3 aromatic rings. The standard InChI is InChI=1S/C18H20F2N6OS2/c1-12(26(21)17(28)23-8-14-3-2-6-29-14)18(27,9-25-11-22-10-24-25)15-5-4-13(19)7-16(15)20/h2-7,10-12,27H,8-9,21H2,1H3,(H,23,28). The summed E-state index contributed by atoms with van der Waals surface area (Å²) in [5.41, 5.74) is -2.01. The SMILES string of the molecule is CC(N(N)C(=S)NCc1cccs1)C(O)(Cn1cncn1)c1ccc(F)cc1F. The van der Waals surface area contributed by atoms with Crippen LogP contribution in [-0.2, 0) is 18.7 Å². The molecule has 0 fully saturated rings. The fourth-order valence-corrected chi connectivity index (χ4v) is 3.79. The molecule has 0 saturated heterocycles. The molecule has 4 N–H and O–H groups in total. The van der Waals surface area contributed by atoms with E-state index < -0.39 is 23.3 Å². The second-order valence-electron chi connectivity index (χ2n) is 6.46. The minimum Gasteiger partial charge on any atom is -0.381 e. The second kappa shape index (κ2) is 8.91. The molecule has 7 nitrogen and oxygen atoms in total. The molecular formula is C18H20F2N6OS2. The molecule has 0 radical (unpaired) electrons. The normalized spacial score (nSPS) is 14.2. The van der Waals surface area contributed by atoms with Crippen molar-refractivity contribution in [3.63, 3.8) is 0 Å². The first-order chi connectivity index (χ1) is 13.8. The number of hydrogen-bond acceptors (Lipinski definition) is 6. The van der Waals surface area contributed by atoms with E-state index in [0.717, 1.165) is 16.0 Å². The lowest BCUT2D eigenvalue weighted by Gasteiger charge is -2.40. The van der Waals surface area contributed by atoms with Crippen LogP contribution in [0.5, 0.6) is 0 Å². The summed E-state index contributed by atoms with van der Waals surface area (Å²) in [5, 5.41) is 21.8. The maximum Gasteiger partial charge on any atom is 0.183 e. The average molecular weight is 439 g/mol. The van der Waals surface area contributed by atoms with Crippen LogP contribution in [-0.4, -0.2) is 36.0 Å². The van der Waals surface area contributed by atoms with E-state index in [0.29, 0.717) is 12.6 Å². The monoisotopic (exact) mass is 438 g/mol. The van der Waals surface area contributed by atoms with Crippen molar-refractivity contribution in [3.8, 4) is 0 Å². The van der Waals surface area contributed by atoms with Gasteiger partial charge in [-0.2, -0.15) is 5.10 Å². The molecule has 2 aromatic heterocycles. The van der Waals surface area contributed by atoms with E-state index in [1.807, 2.05) is 17.5 Å². The van der Waals surface area contributed by atoms with Crippen LogP contribution >= 0.6 is 23.6 Å². The number of rotatable bonds is 7. The van der Waals surface area contributed by atoms with Crippen LogP contribution in [0.4, 0.5) is 8.78 Å². The van der Waals surface area contributed by atoms with E-state index in [2.05, 4.69) is 15.4 Å². The van der Waals surface area contributed by atoms with Gasteiger partial charge in [0.05, 0.1) is 19.1 Å². The molecule has 0 aliphatic rings. The van der Waals surface area contributed by atoms with Gasteiger partial charge in [-0.05, 0) is 36.7 Å². The van der Waals surface area contributed by atoms with Crippen LogP contribution in [0.1, 0.15) is 17.4 Å². The molecule has 29 heavy (non-hydrogen) atoms. The summed E-state index contributed by atoms with van der Waals surface area (Å²) in [6.07, 6.45) is 2.67. The molecule has 2 unspecified atom stereocenters. The van der Waals surface area contributed by atoms with E-state index in [9.17, 15) is 13.9 Å². The number of nitrogens with one attached hydrogen (secondary N) is 1. The van der Waals surface area contributed by atoms with Gasteiger partial charge in [-0.25, -0.2) is 24.3 Å². The van der Waals surface area contributed by atoms with E-state index in [1.165, 1.54) is 23.4 Å². The topological polar surface area (TPSA) is 92.2 Å². The summed E-state index contributed by atoms with van der Waals surface area (Å²) in [6.45, 7) is 1.89. The lowest BCUT2D eigenvalue weighted by molar-refractivity contribution is -0.0464. The Labute approximate surface area is 175 Å². The van der Waals surface area contributed by atoms with Crippen LogP contribution in [0.25, 0.3) is 0 Å². The van der Waals surface area contributed by atoms with Crippen LogP contribution in [0.15, 0.2) is 48.4 Å². The molecule has 2 atom stereocenters. The zero-order valence-corrected chi connectivity index (χ0v) is 17.1. The fourth-order valence-electron chi connectivity index (χ4n) is 2.92. The smallest absolute Gasteiger partial charge is 0.183 e. The first-order valence-electron chi connectivity index (χ1n) is 8.65. The predicted octanol–water partition coefficient (Wildman–Crippen LogP) is 2.14. The Balaban J connectivity index is 1.86. The van der Waals surface area contributed by atoms with Gasteiger partial charge < -0.3 is 10.4 Å². The largest absolute Gasteiger partial charge is 0.381 e. The van der Waals surface area contributed by atoms with Crippen molar-refractivity contribution >= 4 is 28.7 Å². The van der Waals surface area contributed by atoms with Crippen molar-refractivity contribution in [2.45, 2.75) is 31.7 Å². The van der Waals surface area contributed by atoms with Gasteiger partial charge in [0, 0.05) is 16.5 Å². The lowest BCUT2D eigenvalue weighted by atomic mass is 9.86. The van der Waals surface area contributed by atoms with Crippen molar-refractivity contribution in [1.82, 2.24) is 25.1 Å². The first kappa shape index (κ1) is 21.2. The fraction of sp³-hybridized carbons (Fsp3) is 0.278. The average Bonchev–Trinajstić information content (AvgIpc) is 3.38. The van der Waals surface area contributed by atoms with Crippen LogP contribution in [0, 0.1) is 11.6 Å². The van der Waals surface area contributed by atoms with E-state index in [4.69, 9.17) is 18.1 Å². The first-order valence-corrected chi connectivity index (χ1v) is 9.94. The number of halogens is 2. The number of benzene rings is 1. The number of hydrazine groups is 1. The van der Waals surface area contributed by atoms with E-state index in [-0.39, 0.29) is 17.2 Å². The minimum atomic E-state index is -1.88. The summed E-state index contributed by atoms with van der Waals surface area (Å²) in [7, 11) is 0. The van der Waals surface area contributed by atoms with Gasteiger partial charge in [-0.3, -0.25) is 5.01 Å². The third kappa shape index (κ3) is 4.75. The van der Waals surface area contributed by atoms with Gasteiger partial charge in [0.1, 0.15) is 29.9 Å². The number of thiophene rings is 1. The number of nitrogens with two attached hydrogens (primary N) is 1. The van der Waals surface area contributed by atoms with Crippen molar-refractivity contribution in [3.05, 3.63) is 70.4 Å². The molecule has 0 saturated carbocycles. The predicted molar refractivity (Wildman–Crippen MR) is 110 cm³/mol. The Kier molecular flexibility index (Phi) is 6.52. The highest BCUT2D eigenvalue weighted by molar-refractivity contribution is 7.80. The summed E-state index contributed by atoms with van der Waals surface area (Å²) in [6, 6.07) is 5.94. The summed E-state index contributed by atoms with van der Waals surface area (Å²) < 4.78 is 29.3. The Morgan fingerprint density at radius 3 is 2.86 bits per heavy atom. The number of hydrogen-bond donors (Lipinski definition) is 3. The molecule has 1 aromatic carbocycles. The molecular weight excluding hydrogens is 418 g/mol. The molecule has 0 spiro atoms. The number of nitrogens with zero attached hydrogens (tertiary/aromatic N) is 4. The molecule has 0 bridgehead atoms. The highest BCUT2D eigenvalue weighted by Gasteiger charge is 2.42. The zero-order chi connectivity index (χ0) is 21.0. The Hall–Kier alpha value is -2.47. The molecule has 11 heteroatoms. The summed E-state index contributed by atoms with van der Waals surface area (Å²) in [5.74, 6) is 4.52. The van der Waals surface area contributed by atoms with Crippen LogP contribution < -0.4 is 11.2 Å². The molecule has 3 rings (SSSR count).